The van der Waals surface area contributed by atoms with Gasteiger partial charge in [-0.1, -0.05) is 36.4 Å². The second-order valence-corrected chi connectivity index (χ2v) is 7.14. The van der Waals surface area contributed by atoms with Crippen LogP contribution in [0.25, 0.3) is 22.0 Å². The Labute approximate surface area is 179 Å². The summed E-state index contributed by atoms with van der Waals surface area (Å²) >= 11 is 0. The molecule has 0 aliphatic rings. The van der Waals surface area contributed by atoms with E-state index in [0.29, 0.717) is 5.82 Å². The van der Waals surface area contributed by atoms with E-state index in [1.807, 2.05) is 78.7 Å². The topological polar surface area (TPSA) is 97.9 Å². The van der Waals surface area contributed by atoms with Crippen LogP contribution in [0.3, 0.4) is 0 Å². The van der Waals surface area contributed by atoms with Gasteiger partial charge < -0.3 is 10.2 Å². The maximum Gasteiger partial charge on any atom is 0.229 e. The summed E-state index contributed by atoms with van der Waals surface area (Å²) in [4.78, 5) is 17.6. The fraction of sp³-hybridized carbons (Fsp3) is 0.0833. The molecule has 0 bridgehead atoms. The zero-order chi connectivity index (χ0) is 22.0. The van der Waals surface area contributed by atoms with Crippen molar-refractivity contribution in [2.24, 2.45) is 0 Å². The SMILES string of the molecule is CC(=O)Nc1ccc(-c2cccc(N(C)c3nc(=N)n(C=N)c4ccccc34)c2)cc1. The maximum atomic E-state index is 11.2. The van der Waals surface area contributed by atoms with Crippen LogP contribution in [0.2, 0.25) is 0 Å². The van der Waals surface area contributed by atoms with Crippen molar-refractivity contribution in [3.63, 3.8) is 0 Å². The molecule has 0 aliphatic heterocycles. The van der Waals surface area contributed by atoms with E-state index in [-0.39, 0.29) is 11.5 Å². The number of benzene rings is 3. The van der Waals surface area contributed by atoms with Gasteiger partial charge in [0, 0.05) is 30.7 Å². The Morgan fingerprint density at radius 2 is 1.77 bits per heavy atom. The van der Waals surface area contributed by atoms with E-state index in [0.717, 1.165) is 39.7 Å². The summed E-state index contributed by atoms with van der Waals surface area (Å²) < 4.78 is 1.44. The molecule has 4 rings (SSSR count). The lowest BCUT2D eigenvalue weighted by Gasteiger charge is -2.22. The molecule has 0 unspecified atom stereocenters. The van der Waals surface area contributed by atoms with E-state index in [2.05, 4.69) is 16.4 Å². The molecule has 0 spiro atoms. The van der Waals surface area contributed by atoms with E-state index in [4.69, 9.17) is 10.8 Å². The number of anilines is 3. The molecule has 3 aromatic carbocycles. The van der Waals surface area contributed by atoms with Gasteiger partial charge in [0.1, 0.15) is 5.82 Å². The van der Waals surface area contributed by atoms with E-state index in [1.54, 1.807) is 0 Å². The van der Waals surface area contributed by atoms with Crippen LogP contribution in [0.1, 0.15) is 6.92 Å². The number of hydrogen-bond acceptors (Lipinski definition) is 5. The highest BCUT2D eigenvalue weighted by Gasteiger charge is 2.13. The second kappa shape index (κ2) is 8.23. The summed E-state index contributed by atoms with van der Waals surface area (Å²) in [6.07, 6.45) is 1.10. The van der Waals surface area contributed by atoms with E-state index >= 15 is 0 Å². The van der Waals surface area contributed by atoms with Crippen molar-refractivity contribution in [2.45, 2.75) is 6.92 Å². The third kappa shape index (κ3) is 3.93. The molecule has 0 saturated heterocycles. The molecule has 154 valence electrons. The highest BCUT2D eigenvalue weighted by atomic mass is 16.1. The third-order valence-electron chi connectivity index (χ3n) is 5.06. The number of para-hydroxylation sites is 1. The normalized spacial score (nSPS) is 10.6. The van der Waals surface area contributed by atoms with E-state index in [9.17, 15) is 4.79 Å². The van der Waals surface area contributed by atoms with Crippen LogP contribution in [0.4, 0.5) is 17.2 Å². The quantitative estimate of drug-likeness (QED) is 0.337. The van der Waals surface area contributed by atoms with Crippen molar-refractivity contribution < 1.29 is 4.79 Å². The van der Waals surface area contributed by atoms with Crippen molar-refractivity contribution in [3.8, 4) is 11.1 Å². The molecule has 3 N–H and O–H groups in total. The van der Waals surface area contributed by atoms with Crippen LogP contribution in [-0.4, -0.2) is 28.8 Å². The summed E-state index contributed by atoms with van der Waals surface area (Å²) in [5, 5.41) is 19.5. The number of carbonyl (C=O) groups is 1. The Bertz CT molecular complexity index is 1340. The monoisotopic (exact) mass is 410 g/mol. The van der Waals surface area contributed by atoms with Crippen molar-refractivity contribution >= 4 is 40.3 Å². The minimum Gasteiger partial charge on any atom is -0.329 e. The fourth-order valence-electron chi connectivity index (χ4n) is 3.55. The van der Waals surface area contributed by atoms with Gasteiger partial charge in [-0.05, 0) is 47.5 Å². The smallest absolute Gasteiger partial charge is 0.229 e. The zero-order valence-corrected chi connectivity index (χ0v) is 17.3. The molecule has 7 heteroatoms. The van der Waals surface area contributed by atoms with Gasteiger partial charge >= 0.3 is 0 Å². The summed E-state index contributed by atoms with van der Waals surface area (Å²) in [5.74, 6) is 0.550. The molecule has 1 aromatic heterocycles. The first kappa shape index (κ1) is 20.0. The summed E-state index contributed by atoms with van der Waals surface area (Å²) in [7, 11) is 1.92. The molecule has 0 radical (unpaired) electrons. The minimum absolute atomic E-state index is 0.000245. The van der Waals surface area contributed by atoms with Crippen LogP contribution < -0.4 is 15.8 Å². The predicted octanol–water partition coefficient (Wildman–Crippen LogP) is 4.36. The second-order valence-electron chi connectivity index (χ2n) is 7.14. The zero-order valence-electron chi connectivity index (χ0n) is 17.3. The molecule has 0 aliphatic carbocycles. The molecule has 0 fully saturated rings. The molecule has 4 aromatic rings. The summed E-state index contributed by atoms with van der Waals surface area (Å²) in [6.45, 7) is 1.49. The number of aromatic nitrogens is 2. The minimum atomic E-state index is -0.0999. The van der Waals surface area contributed by atoms with Crippen molar-refractivity contribution in [3.05, 3.63) is 78.4 Å². The highest BCUT2D eigenvalue weighted by molar-refractivity contribution is 5.94. The van der Waals surface area contributed by atoms with Crippen LogP contribution in [0, 0.1) is 10.8 Å². The van der Waals surface area contributed by atoms with Crippen molar-refractivity contribution in [1.29, 1.82) is 10.8 Å². The van der Waals surface area contributed by atoms with Crippen LogP contribution >= 0.6 is 0 Å². The molecule has 1 amide bonds. The number of hydrogen-bond donors (Lipinski definition) is 3. The number of nitrogens with zero attached hydrogens (tertiary/aromatic N) is 3. The average molecular weight is 410 g/mol. The standard InChI is InChI=1S/C24H22N6O/c1-16(31)27-19-12-10-17(11-13-19)18-6-5-7-20(14-18)29(2)23-21-8-3-4-9-22(21)30(15-25)24(26)28-23/h3-15,25-26H,1-2H3,(H,27,31). The Kier molecular flexibility index (Phi) is 5.32. The lowest BCUT2D eigenvalue weighted by atomic mass is 10.0. The largest absolute Gasteiger partial charge is 0.329 e. The molecule has 0 saturated carbocycles. The number of carbonyl (C=O) groups excluding carboxylic acids is 1. The summed E-state index contributed by atoms with van der Waals surface area (Å²) in [5.41, 5.74) is 4.49. The molecular formula is C24H22N6O. The Balaban J connectivity index is 1.74. The predicted molar refractivity (Wildman–Crippen MR) is 124 cm³/mol. The first-order valence-electron chi connectivity index (χ1n) is 9.76. The first-order chi connectivity index (χ1) is 15.0. The number of rotatable bonds is 5. The van der Waals surface area contributed by atoms with Crippen molar-refractivity contribution in [2.75, 3.05) is 17.3 Å². The molecule has 0 atom stereocenters. The van der Waals surface area contributed by atoms with Gasteiger partial charge in [-0.15, -0.1) is 0 Å². The lowest BCUT2D eigenvalue weighted by molar-refractivity contribution is -0.114. The third-order valence-corrected chi connectivity index (χ3v) is 5.06. The van der Waals surface area contributed by atoms with Gasteiger partial charge in [0.25, 0.3) is 0 Å². The van der Waals surface area contributed by atoms with Crippen molar-refractivity contribution in [1.82, 2.24) is 9.55 Å². The van der Waals surface area contributed by atoms with Crippen LogP contribution in [0.15, 0.2) is 72.8 Å². The number of amides is 1. The Morgan fingerprint density at radius 3 is 2.48 bits per heavy atom. The molecular weight excluding hydrogens is 388 g/mol. The van der Waals surface area contributed by atoms with Crippen LogP contribution in [-0.2, 0) is 4.79 Å². The van der Waals surface area contributed by atoms with Gasteiger partial charge in [0.2, 0.25) is 11.5 Å². The number of fused-ring (bicyclic) bond motifs is 1. The molecule has 1 heterocycles. The van der Waals surface area contributed by atoms with Gasteiger partial charge in [-0.25, -0.2) is 0 Å². The van der Waals surface area contributed by atoms with Gasteiger partial charge in [-0.3, -0.25) is 20.2 Å². The van der Waals surface area contributed by atoms with Gasteiger partial charge in [-0.2, -0.15) is 4.98 Å². The Morgan fingerprint density at radius 1 is 1.03 bits per heavy atom. The van der Waals surface area contributed by atoms with Gasteiger partial charge in [0.15, 0.2) is 0 Å². The summed E-state index contributed by atoms with van der Waals surface area (Å²) in [6, 6.07) is 23.4. The Hall–Kier alpha value is -4.26. The average Bonchev–Trinajstić information content (AvgIpc) is 2.78. The first-order valence-corrected chi connectivity index (χ1v) is 9.76. The fourth-order valence-corrected chi connectivity index (χ4v) is 3.55. The maximum absolute atomic E-state index is 11.2. The molecule has 31 heavy (non-hydrogen) atoms. The van der Waals surface area contributed by atoms with E-state index < -0.39 is 0 Å². The van der Waals surface area contributed by atoms with Gasteiger partial charge in [0.05, 0.1) is 11.9 Å². The number of nitrogens with one attached hydrogen (secondary N) is 3. The van der Waals surface area contributed by atoms with E-state index in [1.165, 1.54) is 11.5 Å². The lowest BCUT2D eigenvalue weighted by Crippen LogP contribution is -2.26. The molecule has 7 nitrogen and oxygen atoms in total. The van der Waals surface area contributed by atoms with Crippen LogP contribution in [0.5, 0.6) is 0 Å². The highest BCUT2D eigenvalue weighted by Crippen LogP contribution is 2.31.